The van der Waals surface area contributed by atoms with E-state index in [0.717, 1.165) is 11.8 Å². The van der Waals surface area contributed by atoms with Gasteiger partial charge in [0.25, 0.3) is 5.91 Å². The quantitative estimate of drug-likeness (QED) is 0.870. The van der Waals surface area contributed by atoms with E-state index in [1.807, 2.05) is 0 Å². The van der Waals surface area contributed by atoms with Gasteiger partial charge in [0.1, 0.15) is 5.82 Å². The second-order valence-corrected chi connectivity index (χ2v) is 7.40. The van der Waals surface area contributed by atoms with E-state index < -0.39 is 10.0 Å². The Morgan fingerprint density at radius 2 is 1.75 bits per heavy atom. The van der Waals surface area contributed by atoms with Crippen molar-refractivity contribution in [3.63, 3.8) is 0 Å². The minimum Gasteiger partial charge on any atom is -0.346 e. The molecule has 0 aliphatic heterocycles. The van der Waals surface area contributed by atoms with Crippen LogP contribution in [0.15, 0.2) is 42.5 Å². The van der Waals surface area contributed by atoms with Crippen molar-refractivity contribution in [1.29, 1.82) is 0 Å². The van der Waals surface area contributed by atoms with Crippen LogP contribution in [0.5, 0.6) is 0 Å². The summed E-state index contributed by atoms with van der Waals surface area (Å²) in [7, 11) is -3.43. The summed E-state index contributed by atoms with van der Waals surface area (Å²) in [4.78, 5) is 12.4. The monoisotopic (exact) mass is 350 g/mol. The zero-order valence-electron chi connectivity index (χ0n) is 13.6. The van der Waals surface area contributed by atoms with Crippen molar-refractivity contribution in [3.8, 4) is 0 Å². The van der Waals surface area contributed by atoms with Gasteiger partial charge in [0.2, 0.25) is 10.0 Å². The fourth-order valence-corrected chi connectivity index (χ4v) is 2.81. The maximum atomic E-state index is 13.0. The van der Waals surface area contributed by atoms with Gasteiger partial charge in [-0.25, -0.2) is 12.8 Å². The van der Waals surface area contributed by atoms with Gasteiger partial charge in [-0.05, 0) is 49.2 Å². The number of amides is 1. The lowest BCUT2D eigenvalue weighted by molar-refractivity contribution is 0.0940. The molecule has 7 heteroatoms. The molecular weight excluding hydrogens is 331 g/mol. The van der Waals surface area contributed by atoms with Crippen molar-refractivity contribution in [1.82, 2.24) is 5.32 Å². The van der Waals surface area contributed by atoms with Gasteiger partial charge in [-0.3, -0.25) is 9.52 Å². The Kier molecular flexibility index (Phi) is 5.23. The molecule has 0 bridgehead atoms. The number of carbonyl (C=O) groups excluding carboxylic acids is 1. The van der Waals surface area contributed by atoms with Gasteiger partial charge < -0.3 is 5.32 Å². The summed E-state index contributed by atoms with van der Waals surface area (Å²) in [5.41, 5.74) is 2.18. The van der Waals surface area contributed by atoms with E-state index in [0.29, 0.717) is 16.8 Å². The van der Waals surface area contributed by atoms with E-state index in [-0.39, 0.29) is 17.8 Å². The Hall–Kier alpha value is -2.41. The fourth-order valence-electron chi connectivity index (χ4n) is 2.19. The molecule has 24 heavy (non-hydrogen) atoms. The Morgan fingerprint density at radius 1 is 1.12 bits per heavy atom. The Morgan fingerprint density at radius 3 is 2.33 bits per heavy atom. The van der Waals surface area contributed by atoms with Crippen molar-refractivity contribution in [2.45, 2.75) is 19.9 Å². The lowest BCUT2D eigenvalue weighted by atomic mass is 10.1. The second kappa shape index (κ2) is 7.00. The van der Waals surface area contributed by atoms with Crippen LogP contribution < -0.4 is 10.0 Å². The molecule has 0 heterocycles. The number of sulfonamides is 1. The van der Waals surface area contributed by atoms with Gasteiger partial charge in [0.05, 0.1) is 18.0 Å². The minimum atomic E-state index is -3.43. The van der Waals surface area contributed by atoms with Crippen LogP contribution in [-0.2, 0) is 10.0 Å². The highest BCUT2D eigenvalue weighted by atomic mass is 32.2. The maximum Gasteiger partial charge on any atom is 0.251 e. The zero-order chi connectivity index (χ0) is 17.9. The molecule has 2 aromatic rings. The van der Waals surface area contributed by atoms with Gasteiger partial charge in [-0.1, -0.05) is 18.2 Å². The van der Waals surface area contributed by atoms with E-state index in [2.05, 4.69) is 10.0 Å². The summed E-state index contributed by atoms with van der Waals surface area (Å²) in [6.07, 6.45) is 1.05. The second-order valence-electron chi connectivity index (χ2n) is 5.65. The SMILES string of the molecule is Cc1ccc(C(=O)NC(C)c2ccc(F)cc2)cc1NS(C)(=O)=O. The average Bonchev–Trinajstić information content (AvgIpc) is 2.48. The molecule has 2 N–H and O–H groups in total. The topological polar surface area (TPSA) is 75.3 Å². The normalized spacial score (nSPS) is 12.5. The molecule has 0 saturated carbocycles. The molecule has 0 spiro atoms. The molecule has 0 aliphatic rings. The van der Waals surface area contributed by atoms with Gasteiger partial charge in [-0.2, -0.15) is 0 Å². The predicted molar refractivity (Wildman–Crippen MR) is 91.9 cm³/mol. The molecule has 0 radical (unpaired) electrons. The van der Waals surface area contributed by atoms with E-state index in [1.54, 1.807) is 38.1 Å². The summed E-state index contributed by atoms with van der Waals surface area (Å²) in [5, 5.41) is 2.80. The van der Waals surface area contributed by atoms with Crippen LogP contribution in [-0.4, -0.2) is 20.6 Å². The van der Waals surface area contributed by atoms with Crippen LogP contribution in [0.25, 0.3) is 0 Å². The molecule has 1 unspecified atom stereocenters. The van der Waals surface area contributed by atoms with Crippen LogP contribution in [0, 0.1) is 12.7 Å². The number of benzene rings is 2. The third-order valence-corrected chi connectivity index (χ3v) is 4.10. The van der Waals surface area contributed by atoms with Crippen molar-refractivity contribution < 1.29 is 17.6 Å². The zero-order valence-corrected chi connectivity index (χ0v) is 14.4. The third kappa shape index (κ3) is 4.79. The fraction of sp³-hybridized carbons (Fsp3) is 0.235. The summed E-state index contributed by atoms with van der Waals surface area (Å²) in [6, 6.07) is 10.3. The molecule has 2 aromatic carbocycles. The van der Waals surface area contributed by atoms with Crippen molar-refractivity contribution in [2.24, 2.45) is 0 Å². The van der Waals surface area contributed by atoms with E-state index in [9.17, 15) is 17.6 Å². The summed E-state index contributed by atoms with van der Waals surface area (Å²) in [5.74, 6) is -0.685. The number of rotatable bonds is 5. The highest BCUT2D eigenvalue weighted by Gasteiger charge is 2.14. The molecule has 5 nitrogen and oxygen atoms in total. The van der Waals surface area contributed by atoms with Crippen molar-refractivity contribution in [2.75, 3.05) is 11.0 Å². The first-order chi connectivity index (χ1) is 11.2. The third-order valence-electron chi connectivity index (χ3n) is 3.51. The summed E-state index contributed by atoms with van der Waals surface area (Å²) < 4.78 is 38.1. The van der Waals surface area contributed by atoms with Gasteiger partial charge in [0.15, 0.2) is 0 Å². The highest BCUT2D eigenvalue weighted by molar-refractivity contribution is 7.92. The Labute approximate surface area is 141 Å². The lowest BCUT2D eigenvalue weighted by Crippen LogP contribution is -2.26. The molecular formula is C17H19FN2O3S. The van der Waals surface area contributed by atoms with E-state index in [1.165, 1.54) is 18.2 Å². The van der Waals surface area contributed by atoms with Gasteiger partial charge >= 0.3 is 0 Å². The molecule has 2 rings (SSSR count). The lowest BCUT2D eigenvalue weighted by Gasteiger charge is -2.15. The first kappa shape index (κ1) is 17.9. The summed E-state index contributed by atoms with van der Waals surface area (Å²) >= 11 is 0. The summed E-state index contributed by atoms with van der Waals surface area (Å²) in [6.45, 7) is 3.53. The Bertz CT molecular complexity index is 849. The Balaban J connectivity index is 2.17. The highest BCUT2D eigenvalue weighted by Crippen LogP contribution is 2.19. The van der Waals surface area contributed by atoms with Crippen LogP contribution in [0.1, 0.15) is 34.5 Å². The van der Waals surface area contributed by atoms with Crippen molar-refractivity contribution in [3.05, 3.63) is 65.0 Å². The molecule has 0 fully saturated rings. The molecule has 0 aromatic heterocycles. The largest absolute Gasteiger partial charge is 0.346 e. The van der Waals surface area contributed by atoms with Gasteiger partial charge in [-0.15, -0.1) is 0 Å². The first-order valence-corrected chi connectivity index (χ1v) is 9.19. The minimum absolute atomic E-state index is 0.314. The molecule has 0 aliphatic carbocycles. The molecule has 1 atom stereocenters. The molecule has 1 amide bonds. The maximum absolute atomic E-state index is 13.0. The van der Waals surface area contributed by atoms with Crippen LogP contribution in [0.2, 0.25) is 0 Å². The van der Waals surface area contributed by atoms with Crippen LogP contribution in [0.4, 0.5) is 10.1 Å². The number of anilines is 1. The van der Waals surface area contributed by atoms with E-state index >= 15 is 0 Å². The number of carbonyl (C=O) groups is 1. The smallest absolute Gasteiger partial charge is 0.251 e. The van der Waals surface area contributed by atoms with Gasteiger partial charge in [0, 0.05) is 5.56 Å². The standard InChI is InChI=1S/C17H19FN2O3S/c1-11-4-5-14(10-16(11)20-24(3,22)23)17(21)19-12(2)13-6-8-15(18)9-7-13/h4-10,12,20H,1-3H3,(H,19,21). The number of hydrogen-bond donors (Lipinski definition) is 2. The number of nitrogens with one attached hydrogen (secondary N) is 2. The van der Waals surface area contributed by atoms with Crippen LogP contribution >= 0.6 is 0 Å². The predicted octanol–water partition coefficient (Wildman–Crippen LogP) is 3.00. The van der Waals surface area contributed by atoms with E-state index in [4.69, 9.17) is 0 Å². The van der Waals surface area contributed by atoms with Crippen LogP contribution in [0.3, 0.4) is 0 Å². The average molecular weight is 350 g/mol. The number of aryl methyl sites for hydroxylation is 1. The van der Waals surface area contributed by atoms with Crippen molar-refractivity contribution >= 4 is 21.6 Å². The molecule has 128 valence electrons. The number of halogens is 1. The number of hydrogen-bond acceptors (Lipinski definition) is 3. The first-order valence-electron chi connectivity index (χ1n) is 7.30. The molecule has 0 saturated heterocycles.